The normalized spacial score (nSPS) is 13.5. The average molecular weight is 337 g/mol. The molecule has 7 heteroatoms. The van der Waals surface area contributed by atoms with Crippen molar-refractivity contribution in [2.45, 2.75) is 31.8 Å². The summed E-state index contributed by atoms with van der Waals surface area (Å²) in [6, 6.07) is 3.72. The number of halogens is 2. The van der Waals surface area contributed by atoms with E-state index in [1.807, 2.05) is 0 Å². The van der Waals surface area contributed by atoms with Gasteiger partial charge in [-0.2, -0.15) is 5.10 Å². The van der Waals surface area contributed by atoms with E-state index in [0.29, 0.717) is 24.0 Å². The molecule has 0 aliphatic carbocycles. The molecule has 1 unspecified atom stereocenters. The van der Waals surface area contributed by atoms with Gasteiger partial charge in [0.2, 0.25) is 5.91 Å². The Balaban J connectivity index is 1.76. The largest absolute Gasteiger partial charge is 0.383 e. The molecule has 24 heavy (non-hydrogen) atoms. The molecule has 2 N–H and O–H groups in total. The summed E-state index contributed by atoms with van der Waals surface area (Å²) in [4.78, 5) is 11.9. The molecule has 0 spiro atoms. The molecular weight excluding hydrogens is 316 g/mol. The zero-order valence-corrected chi connectivity index (χ0v) is 13.7. The van der Waals surface area contributed by atoms with Gasteiger partial charge in [0.05, 0.1) is 12.7 Å². The maximum absolute atomic E-state index is 13.1. The van der Waals surface area contributed by atoms with Crippen molar-refractivity contribution < 1.29 is 18.7 Å². The number of nitrogens with zero attached hydrogens (tertiary/aromatic N) is 2. The number of carbonyl (C=O) groups excluding carboxylic acids is 1. The first-order valence-electron chi connectivity index (χ1n) is 7.70. The second kappa shape index (κ2) is 7.53. The highest BCUT2D eigenvalue weighted by molar-refractivity contribution is 5.75. The quantitative estimate of drug-likeness (QED) is 0.812. The second-order valence-corrected chi connectivity index (χ2v) is 6.06. The molecule has 0 aliphatic rings. The highest BCUT2D eigenvalue weighted by Gasteiger charge is 2.25. The number of aliphatic hydroxyl groups is 1. The smallest absolute Gasteiger partial charge is 0.220 e. The van der Waals surface area contributed by atoms with Crippen LogP contribution in [0, 0.1) is 11.6 Å². The van der Waals surface area contributed by atoms with Crippen LogP contribution < -0.4 is 5.32 Å². The Morgan fingerprint density at radius 2 is 2.12 bits per heavy atom. The molecule has 2 rings (SSSR count). The number of hydrogen-bond donors (Lipinski definition) is 2. The molecule has 130 valence electrons. The van der Waals surface area contributed by atoms with Crippen LogP contribution in [-0.4, -0.2) is 27.3 Å². The van der Waals surface area contributed by atoms with Crippen LogP contribution in [-0.2, 0) is 23.9 Å². The number of aryl methyl sites for hydroxylation is 2. The maximum atomic E-state index is 13.1. The SMILES string of the molecule is Cn1cc(C(C)(O)CNC(=O)CCCc2ccc(F)c(F)c2)cn1. The average Bonchev–Trinajstić information content (AvgIpc) is 2.96. The summed E-state index contributed by atoms with van der Waals surface area (Å²) in [5.41, 5.74) is 0.0560. The molecule has 5 nitrogen and oxygen atoms in total. The van der Waals surface area contributed by atoms with E-state index in [2.05, 4.69) is 10.4 Å². The van der Waals surface area contributed by atoms with Crippen LogP contribution in [0.3, 0.4) is 0 Å². The molecule has 0 aliphatic heterocycles. The monoisotopic (exact) mass is 337 g/mol. The Morgan fingerprint density at radius 1 is 1.38 bits per heavy atom. The fraction of sp³-hybridized carbons (Fsp3) is 0.412. The number of aromatic nitrogens is 2. The summed E-state index contributed by atoms with van der Waals surface area (Å²) in [5, 5.41) is 17.0. The topological polar surface area (TPSA) is 67.2 Å². The maximum Gasteiger partial charge on any atom is 0.220 e. The van der Waals surface area contributed by atoms with Crippen LogP contribution in [0.2, 0.25) is 0 Å². The third kappa shape index (κ3) is 4.86. The van der Waals surface area contributed by atoms with Crippen LogP contribution in [0.1, 0.15) is 30.9 Å². The van der Waals surface area contributed by atoms with Crippen molar-refractivity contribution in [1.82, 2.24) is 15.1 Å². The molecule has 1 atom stereocenters. The van der Waals surface area contributed by atoms with Crippen LogP contribution in [0.4, 0.5) is 8.78 Å². The predicted octanol–water partition coefficient (Wildman–Crippen LogP) is 2.04. The van der Waals surface area contributed by atoms with Crippen molar-refractivity contribution in [3.05, 3.63) is 53.4 Å². The van der Waals surface area contributed by atoms with Gasteiger partial charge in [0, 0.05) is 25.2 Å². The number of hydrogen-bond acceptors (Lipinski definition) is 3. The van der Waals surface area contributed by atoms with Gasteiger partial charge in [0.15, 0.2) is 11.6 Å². The third-order valence-corrected chi connectivity index (χ3v) is 3.81. The Kier molecular flexibility index (Phi) is 5.66. The van der Waals surface area contributed by atoms with Gasteiger partial charge in [-0.25, -0.2) is 8.78 Å². The van der Waals surface area contributed by atoms with Crippen molar-refractivity contribution in [2.24, 2.45) is 7.05 Å². The highest BCUT2D eigenvalue weighted by atomic mass is 19.2. The van der Waals surface area contributed by atoms with Gasteiger partial charge < -0.3 is 10.4 Å². The van der Waals surface area contributed by atoms with E-state index in [9.17, 15) is 18.7 Å². The number of benzene rings is 1. The number of nitrogens with one attached hydrogen (secondary N) is 1. The molecule has 0 fully saturated rings. The summed E-state index contributed by atoms with van der Waals surface area (Å²) in [6.45, 7) is 1.67. The molecule has 0 bridgehead atoms. The third-order valence-electron chi connectivity index (χ3n) is 3.81. The van der Waals surface area contributed by atoms with Crippen molar-refractivity contribution in [3.8, 4) is 0 Å². The lowest BCUT2D eigenvalue weighted by atomic mass is 9.99. The van der Waals surface area contributed by atoms with Gasteiger partial charge in [0.1, 0.15) is 5.60 Å². The predicted molar refractivity (Wildman–Crippen MR) is 85.1 cm³/mol. The fourth-order valence-electron chi connectivity index (χ4n) is 2.31. The van der Waals surface area contributed by atoms with Crippen molar-refractivity contribution in [3.63, 3.8) is 0 Å². The molecule has 1 aromatic carbocycles. The summed E-state index contributed by atoms with van der Waals surface area (Å²) in [5.74, 6) is -1.97. The molecule has 1 heterocycles. The summed E-state index contributed by atoms with van der Waals surface area (Å²) < 4.78 is 27.5. The Labute approximate surface area is 139 Å². The van der Waals surface area contributed by atoms with Gasteiger partial charge in [-0.15, -0.1) is 0 Å². The minimum absolute atomic E-state index is 0.0721. The minimum atomic E-state index is -1.20. The van der Waals surface area contributed by atoms with Gasteiger partial charge in [-0.3, -0.25) is 9.48 Å². The van der Waals surface area contributed by atoms with Crippen molar-refractivity contribution >= 4 is 5.91 Å². The molecule has 2 aromatic rings. The lowest BCUT2D eigenvalue weighted by Crippen LogP contribution is -2.38. The molecule has 0 saturated carbocycles. The molecular formula is C17H21F2N3O2. The Hall–Kier alpha value is -2.28. The highest BCUT2D eigenvalue weighted by Crippen LogP contribution is 2.18. The molecule has 1 amide bonds. The van der Waals surface area contributed by atoms with E-state index in [1.165, 1.54) is 6.07 Å². The van der Waals surface area contributed by atoms with Gasteiger partial charge >= 0.3 is 0 Å². The molecule has 1 aromatic heterocycles. The number of carbonyl (C=O) groups is 1. The fourth-order valence-corrected chi connectivity index (χ4v) is 2.31. The zero-order valence-electron chi connectivity index (χ0n) is 13.7. The standard InChI is InChI=1S/C17H21F2N3O2/c1-17(24,13-9-21-22(2)10-13)11-20-16(23)5-3-4-12-6-7-14(18)15(19)8-12/h6-10,24H,3-5,11H2,1-2H3,(H,20,23). The lowest BCUT2D eigenvalue weighted by molar-refractivity contribution is -0.122. The molecule has 0 radical (unpaired) electrons. The first kappa shape index (κ1) is 18.1. The Bertz CT molecular complexity index is 714. The van der Waals surface area contributed by atoms with Crippen LogP contribution >= 0.6 is 0 Å². The number of amides is 1. The van der Waals surface area contributed by atoms with Crippen LogP contribution in [0.15, 0.2) is 30.6 Å². The van der Waals surface area contributed by atoms with Crippen molar-refractivity contribution in [1.29, 1.82) is 0 Å². The Morgan fingerprint density at radius 3 is 2.75 bits per heavy atom. The van der Waals surface area contributed by atoms with Crippen LogP contribution in [0.25, 0.3) is 0 Å². The van der Waals surface area contributed by atoms with Gasteiger partial charge in [0.25, 0.3) is 0 Å². The second-order valence-electron chi connectivity index (χ2n) is 6.06. The first-order chi connectivity index (χ1) is 11.3. The van der Waals surface area contributed by atoms with E-state index < -0.39 is 17.2 Å². The molecule has 0 saturated heterocycles. The summed E-state index contributed by atoms with van der Waals surface area (Å²) >= 11 is 0. The van der Waals surface area contributed by atoms with E-state index in [1.54, 1.807) is 31.0 Å². The lowest BCUT2D eigenvalue weighted by Gasteiger charge is -2.22. The van der Waals surface area contributed by atoms with Gasteiger partial charge in [-0.1, -0.05) is 6.07 Å². The van der Waals surface area contributed by atoms with E-state index in [4.69, 9.17) is 0 Å². The minimum Gasteiger partial charge on any atom is -0.383 e. The van der Waals surface area contributed by atoms with Crippen molar-refractivity contribution in [2.75, 3.05) is 6.54 Å². The van der Waals surface area contributed by atoms with Crippen LogP contribution in [0.5, 0.6) is 0 Å². The summed E-state index contributed by atoms with van der Waals surface area (Å²) in [7, 11) is 1.75. The summed E-state index contributed by atoms with van der Waals surface area (Å²) in [6.07, 6.45) is 4.46. The first-order valence-corrected chi connectivity index (χ1v) is 7.70. The van der Waals surface area contributed by atoms with Gasteiger partial charge in [-0.05, 0) is 37.5 Å². The van der Waals surface area contributed by atoms with E-state index in [0.717, 1.165) is 12.1 Å². The number of rotatable bonds is 7. The van der Waals surface area contributed by atoms with E-state index in [-0.39, 0.29) is 18.9 Å². The van der Waals surface area contributed by atoms with E-state index >= 15 is 0 Å². The zero-order chi connectivity index (χ0) is 17.7.